The first kappa shape index (κ1) is 34.7. The van der Waals surface area contributed by atoms with Crippen LogP contribution >= 0.6 is 0 Å². The van der Waals surface area contributed by atoms with Gasteiger partial charge < -0.3 is 0 Å². The second kappa shape index (κ2) is 11.4. The summed E-state index contributed by atoms with van der Waals surface area (Å²) in [7, 11) is 0. The SMILES string of the molecule is CC1(C)C(=O)/C(=C\c2ccc(C(F)(F)F)cc2)C[C@]2(C)[C@H]3CC[C@@H]4[C@@H](C(=O)/C=C/c5ccc(C(F)(F)F)cc5)CC[C@@]4(C)[C@]3(C)CC[C@@H]12. The highest BCUT2D eigenvalue weighted by atomic mass is 19.4. The summed E-state index contributed by atoms with van der Waals surface area (Å²) in [6.07, 6.45) is 2.01. The molecule has 4 aliphatic carbocycles. The lowest BCUT2D eigenvalue weighted by atomic mass is 9.35. The Kier molecular flexibility index (Phi) is 8.27. The van der Waals surface area contributed by atoms with E-state index >= 15 is 0 Å². The summed E-state index contributed by atoms with van der Waals surface area (Å²) in [5.74, 6) is 0.583. The number of allylic oxidation sites excluding steroid dienone is 2. The standard InChI is InChI=1S/C40H44F6O2/c1-35(2)32-19-21-38(5)33(36(32,3)23-26(34(35)48)22-25-8-13-28(14-9-25)40(44,45)46)17-15-30-29(18-20-37(30,38)4)31(47)16-10-24-6-11-27(12-7-24)39(41,42)43/h6-14,16,22,29-30,32-33H,15,17-21,23H2,1-5H3/b16-10+,26-22-/t29-,30+,32-,33+,36-,37+,38+/m0/s1. The number of fused-ring (bicyclic) bond motifs is 5. The molecular weight excluding hydrogens is 626 g/mol. The zero-order valence-corrected chi connectivity index (χ0v) is 28.2. The van der Waals surface area contributed by atoms with E-state index in [0.717, 1.165) is 62.8 Å². The van der Waals surface area contributed by atoms with Gasteiger partial charge >= 0.3 is 12.4 Å². The van der Waals surface area contributed by atoms with Gasteiger partial charge in [-0.2, -0.15) is 26.3 Å². The molecule has 2 aromatic carbocycles. The van der Waals surface area contributed by atoms with Gasteiger partial charge in [0.05, 0.1) is 11.1 Å². The molecule has 0 amide bonds. The molecule has 0 N–H and O–H groups in total. The van der Waals surface area contributed by atoms with Crippen LogP contribution in [0.1, 0.15) is 102 Å². The summed E-state index contributed by atoms with van der Waals surface area (Å²) in [6, 6.07) is 9.81. The molecule has 0 radical (unpaired) electrons. The predicted molar refractivity (Wildman–Crippen MR) is 174 cm³/mol. The van der Waals surface area contributed by atoms with Gasteiger partial charge in [0.2, 0.25) is 0 Å². The average molecular weight is 671 g/mol. The summed E-state index contributed by atoms with van der Waals surface area (Å²) in [5, 5.41) is 0. The normalized spacial score (nSPS) is 35.7. The molecule has 0 spiro atoms. The number of ketones is 2. The number of rotatable bonds is 4. The van der Waals surface area contributed by atoms with Gasteiger partial charge in [0.1, 0.15) is 0 Å². The van der Waals surface area contributed by atoms with Crippen LogP contribution in [0, 0.1) is 45.3 Å². The molecule has 0 aliphatic heterocycles. The van der Waals surface area contributed by atoms with Crippen molar-refractivity contribution in [1.29, 1.82) is 0 Å². The van der Waals surface area contributed by atoms with Crippen LogP contribution < -0.4 is 0 Å². The lowest BCUT2D eigenvalue weighted by Crippen LogP contribution is -2.63. The van der Waals surface area contributed by atoms with Crippen LogP contribution in [-0.4, -0.2) is 11.6 Å². The molecule has 4 saturated carbocycles. The molecular formula is C40H44F6O2. The third kappa shape index (κ3) is 5.49. The fraction of sp³-hybridized carbons (Fsp3) is 0.550. The van der Waals surface area contributed by atoms with Crippen molar-refractivity contribution in [1.82, 2.24) is 0 Å². The summed E-state index contributed by atoms with van der Waals surface area (Å²) < 4.78 is 78.5. The van der Waals surface area contributed by atoms with E-state index in [1.807, 2.05) is 13.8 Å². The minimum Gasteiger partial charge on any atom is -0.295 e. The van der Waals surface area contributed by atoms with Crippen molar-refractivity contribution in [2.24, 2.45) is 45.3 Å². The topological polar surface area (TPSA) is 34.1 Å². The number of carbonyl (C=O) groups excluding carboxylic acids is 2. The third-order valence-corrected chi connectivity index (χ3v) is 13.6. The first-order chi connectivity index (χ1) is 22.2. The third-order valence-electron chi connectivity index (χ3n) is 13.6. The predicted octanol–water partition coefficient (Wildman–Crippen LogP) is 11.3. The highest BCUT2D eigenvalue weighted by Crippen LogP contribution is 2.75. The van der Waals surface area contributed by atoms with Gasteiger partial charge in [-0.15, -0.1) is 0 Å². The van der Waals surface area contributed by atoms with Gasteiger partial charge in [-0.1, -0.05) is 65.0 Å². The van der Waals surface area contributed by atoms with E-state index in [-0.39, 0.29) is 45.6 Å². The number of hydrogen-bond acceptors (Lipinski definition) is 2. The Morgan fingerprint density at radius 1 is 0.708 bits per heavy atom. The Morgan fingerprint density at radius 2 is 1.25 bits per heavy atom. The number of alkyl halides is 6. The summed E-state index contributed by atoms with van der Waals surface area (Å²) in [6.45, 7) is 11.1. The fourth-order valence-corrected chi connectivity index (χ4v) is 11.1. The average Bonchev–Trinajstić information content (AvgIpc) is 3.36. The molecule has 48 heavy (non-hydrogen) atoms. The van der Waals surface area contributed by atoms with Crippen LogP contribution in [0.3, 0.4) is 0 Å². The van der Waals surface area contributed by atoms with Crippen molar-refractivity contribution in [2.45, 2.75) is 91.9 Å². The molecule has 0 aromatic heterocycles. The second-order valence-corrected chi connectivity index (χ2v) is 16.2. The van der Waals surface area contributed by atoms with Crippen molar-refractivity contribution in [3.8, 4) is 0 Å². The first-order valence-electron chi connectivity index (χ1n) is 17.0. The van der Waals surface area contributed by atoms with Crippen LogP contribution in [0.2, 0.25) is 0 Å². The van der Waals surface area contributed by atoms with E-state index in [9.17, 15) is 35.9 Å². The van der Waals surface area contributed by atoms with Crippen molar-refractivity contribution in [3.05, 3.63) is 82.4 Å². The Bertz CT molecular complexity index is 1650. The number of halogens is 6. The Hall–Kier alpha value is -3.16. The molecule has 0 saturated heterocycles. The van der Waals surface area contributed by atoms with Gasteiger partial charge in [-0.05, 0) is 132 Å². The second-order valence-electron chi connectivity index (χ2n) is 16.2. The molecule has 4 aliphatic rings. The number of Topliss-reactive ketones (excluding diaryl/α,β-unsaturated/α-hetero) is 1. The van der Waals surface area contributed by atoms with E-state index in [4.69, 9.17) is 0 Å². The molecule has 8 heteroatoms. The van der Waals surface area contributed by atoms with Gasteiger partial charge in [0.25, 0.3) is 0 Å². The minimum atomic E-state index is -4.43. The maximum absolute atomic E-state index is 14.0. The summed E-state index contributed by atoms with van der Waals surface area (Å²) in [4.78, 5) is 27.6. The van der Waals surface area contributed by atoms with E-state index in [1.54, 1.807) is 18.2 Å². The van der Waals surface area contributed by atoms with Gasteiger partial charge in [0, 0.05) is 11.3 Å². The van der Waals surface area contributed by atoms with Crippen LogP contribution in [0.25, 0.3) is 12.2 Å². The highest BCUT2D eigenvalue weighted by Gasteiger charge is 2.69. The zero-order valence-electron chi connectivity index (χ0n) is 28.2. The van der Waals surface area contributed by atoms with E-state index < -0.39 is 28.9 Å². The van der Waals surface area contributed by atoms with E-state index in [2.05, 4.69) is 20.8 Å². The van der Waals surface area contributed by atoms with E-state index in [1.165, 1.54) is 24.3 Å². The molecule has 258 valence electrons. The first-order valence-corrected chi connectivity index (χ1v) is 17.0. The van der Waals surface area contributed by atoms with Gasteiger partial charge in [-0.25, -0.2) is 0 Å². The Labute approximate surface area is 279 Å². The zero-order chi connectivity index (χ0) is 35.1. The monoisotopic (exact) mass is 670 g/mol. The van der Waals surface area contributed by atoms with Crippen molar-refractivity contribution in [3.63, 3.8) is 0 Å². The molecule has 0 bridgehead atoms. The molecule has 6 rings (SSSR count). The molecule has 4 fully saturated rings. The highest BCUT2D eigenvalue weighted by molar-refractivity contribution is 6.04. The quantitative estimate of drug-likeness (QED) is 0.240. The molecule has 0 heterocycles. The molecule has 0 unspecified atom stereocenters. The minimum absolute atomic E-state index is 0.0247. The summed E-state index contributed by atoms with van der Waals surface area (Å²) in [5.41, 5.74) is -0.653. The number of carbonyl (C=O) groups is 2. The van der Waals surface area contributed by atoms with Crippen LogP contribution in [0.15, 0.2) is 60.2 Å². The van der Waals surface area contributed by atoms with E-state index in [0.29, 0.717) is 29.0 Å². The smallest absolute Gasteiger partial charge is 0.295 e. The largest absolute Gasteiger partial charge is 0.416 e. The molecule has 2 aromatic rings. The number of benzene rings is 2. The molecule has 2 nitrogen and oxygen atoms in total. The lowest BCUT2D eigenvalue weighted by Gasteiger charge is -2.69. The van der Waals surface area contributed by atoms with Crippen LogP contribution in [0.5, 0.6) is 0 Å². The summed E-state index contributed by atoms with van der Waals surface area (Å²) >= 11 is 0. The Morgan fingerprint density at radius 3 is 1.81 bits per heavy atom. The van der Waals surface area contributed by atoms with Gasteiger partial charge in [0.15, 0.2) is 11.6 Å². The lowest BCUT2D eigenvalue weighted by molar-refractivity contribution is -0.196. The Balaban J connectivity index is 1.25. The molecule has 7 atom stereocenters. The maximum Gasteiger partial charge on any atom is 0.416 e. The van der Waals surface area contributed by atoms with Crippen molar-refractivity contribution >= 4 is 23.7 Å². The maximum atomic E-state index is 14.0. The van der Waals surface area contributed by atoms with Crippen LogP contribution in [0.4, 0.5) is 26.3 Å². The van der Waals surface area contributed by atoms with Crippen molar-refractivity contribution in [2.75, 3.05) is 0 Å². The number of hydrogen-bond donors (Lipinski definition) is 0. The van der Waals surface area contributed by atoms with Crippen LogP contribution in [-0.2, 0) is 21.9 Å². The fourth-order valence-electron chi connectivity index (χ4n) is 11.1. The van der Waals surface area contributed by atoms with Gasteiger partial charge in [-0.3, -0.25) is 9.59 Å². The van der Waals surface area contributed by atoms with Crippen molar-refractivity contribution < 1.29 is 35.9 Å².